The molecule has 25 heavy (non-hydrogen) atoms. The number of fused-ring (bicyclic) bond motifs is 1. The Labute approximate surface area is 145 Å². The number of methoxy groups -OCH3 is 2. The van der Waals surface area contributed by atoms with Gasteiger partial charge in [0.25, 0.3) is 5.91 Å². The number of nitrogens with one attached hydrogen (secondary N) is 1. The maximum Gasteiger partial charge on any atom is 0.328 e. The fourth-order valence-electron chi connectivity index (χ4n) is 2.53. The lowest BCUT2D eigenvalue weighted by Gasteiger charge is -2.19. The van der Waals surface area contributed by atoms with E-state index in [0.29, 0.717) is 11.1 Å². The van der Waals surface area contributed by atoms with Gasteiger partial charge in [0.05, 0.1) is 31.2 Å². The molecule has 0 aliphatic heterocycles. The van der Waals surface area contributed by atoms with E-state index in [1.165, 1.54) is 14.2 Å². The third-order valence-electron chi connectivity index (χ3n) is 3.86. The second-order valence-corrected chi connectivity index (χ2v) is 5.59. The van der Waals surface area contributed by atoms with E-state index in [2.05, 4.69) is 15.0 Å². The number of hydrogen-bond donors (Lipinski definition) is 1. The molecule has 0 radical (unpaired) electrons. The summed E-state index contributed by atoms with van der Waals surface area (Å²) in [4.78, 5) is 40.4. The summed E-state index contributed by atoms with van der Waals surface area (Å²) in [5.41, 5.74) is 0.879. The van der Waals surface area contributed by atoms with Crippen LogP contribution in [0.1, 0.15) is 23.7 Å². The van der Waals surface area contributed by atoms with E-state index < -0.39 is 29.8 Å². The molecule has 132 valence electrons. The average Bonchev–Trinajstić information content (AvgIpc) is 2.65. The van der Waals surface area contributed by atoms with E-state index in [0.717, 1.165) is 5.39 Å². The quantitative estimate of drug-likeness (QED) is 0.802. The number of pyridine rings is 1. The van der Waals surface area contributed by atoms with Crippen LogP contribution in [0.5, 0.6) is 0 Å². The van der Waals surface area contributed by atoms with Crippen molar-refractivity contribution < 1.29 is 23.9 Å². The van der Waals surface area contributed by atoms with Crippen LogP contribution in [0, 0.1) is 5.92 Å². The summed E-state index contributed by atoms with van der Waals surface area (Å²) in [6.45, 7) is 1.62. The Balaban J connectivity index is 2.24. The van der Waals surface area contributed by atoms with Crippen molar-refractivity contribution in [1.29, 1.82) is 0 Å². The number of hydrogen-bond acceptors (Lipinski definition) is 6. The lowest BCUT2D eigenvalue weighted by Crippen LogP contribution is -2.43. The molecule has 1 N–H and O–H groups in total. The van der Waals surface area contributed by atoms with Gasteiger partial charge in [-0.25, -0.2) is 4.79 Å². The zero-order valence-electron chi connectivity index (χ0n) is 14.3. The van der Waals surface area contributed by atoms with Gasteiger partial charge in [-0.3, -0.25) is 14.6 Å². The summed E-state index contributed by atoms with van der Waals surface area (Å²) in [6.07, 6.45) is 1.67. The highest BCUT2D eigenvalue weighted by Crippen LogP contribution is 2.17. The van der Waals surface area contributed by atoms with Gasteiger partial charge >= 0.3 is 11.9 Å². The number of rotatable bonds is 6. The van der Waals surface area contributed by atoms with Gasteiger partial charge < -0.3 is 14.8 Å². The first kappa shape index (κ1) is 18.4. The Bertz CT molecular complexity index is 785. The van der Waals surface area contributed by atoms with E-state index in [4.69, 9.17) is 4.74 Å². The van der Waals surface area contributed by atoms with Crippen molar-refractivity contribution in [3.05, 3.63) is 42.1 Å². The number of nitrogens with zero attached hydrogens (tertiary/aromatic N) is 1. The molecule has 7 heteroatoms. The van der Waals surface area contributed by atoms with E-state index in [9.17, 15) is 14.4 Å². The van der Waals surface area contributed by atoms with Crippen LogP contribution in [0.2, 0.25) is 0 Å². The van der Waals surface area contributed by atoms with Gasteiger partial charge in [-0.05, 0) is 18.6 Å². The second kappa shape index (κ2) is 8.23. The van der Waals surface area contributed by atoms with Crippen LogP contribution in [0.25, 0.3) is 10.9 Å². The number of aromatic nitrogens is 1. The largest absolute Gasteiger partial charge is 0.469 e. The molecule has 7 nitrogen and oxygen atoms in total. The lowest BCUT2D eigenvalue weighted by atomic mass is 10.0. The fourth-order valence-corrected chi connectivity index (χ4v) is 2.53. The molecule has 0 bridgehead atoms. The Morgan fingerprint density at radius 1 is 1.08 bits per heavy atom. The Morgan fingerprint density at radius 2 is 1.76 bits per heavy atom. The summed E-state index contributed by atoms with van der Waals surface area (Å²) in [5.74, 6) is -2.12. The number of benzene rings is 1. The van der Waals surface area contributed by atoms with Crippen LogP contribution in [0.3, 0.4) is 0 Å². The van der Waals surface area contributed by atoms with Crippen LogP contribution >= 0.6 is 0 Å². The number of ether oxygens (including phenoxy) is 2. The van der Waals surface area contributed by atoms with Crippen molar-refractivity contribution >= 4 is 28.7 Å². The van der Waals surface area contributed by atoms with Gasteiger partial charge in [-0.2, -0.15) is 0 Å². The Kier molecular flexibility index (Phi) is 6.05. The first-order valence-corrected chi connectivity index (χ1v) is 7.78. The van der Waals surface area contributed by atoms with Gasteiger partial charge in [-0.1, -0.05) is 25.1 Å². The van der Waals surface area contributed by atoms with Crippen LogP contribution in [0.4, 0.5) is 0 Å². The van der Waals surface area contributed by atoms with Crippen molar-refractivity contribution in [2.24, 2.45) is 5.92 Å². The van der Waals surface area contributed by atoms with Crippen molar-refractivity contribution in [3.8, 4) is 0 Å². The summed E-state index contributed by atoms with van der Waals surface area (Å²) >= 11 is 0. The summed E-state index contributed by atoms with van der Waals surface area (Å²) in [7, 11) is 2.50. The molecule has 0 aliphatic carbocycles. The zero-order valence-corrected chi connectivity index (χ0v) is 14.3. The monoisotopic (exact) mass is 344 g/mol. The number of amides is 1. The minimum Gasteiger partial charge on any atom is -0.469 e. The molecule has 0 aliphatic rings. The van der Waals surface area contributed by atoms with E-state index in [1.807, 2.05) is 12.1 Å². The third kappa shape index (κ3) is 4.32. The predicted octanol–water partition coefficient (Wildman–Crippen LogP) is 1.71. The van der Waals surface area contributed by atoms with Crippen LogP contribution in [-0.4, -0.2) is 43.1 Å². The molecule has 2 rings (SSSR count). The molecule has 0 saturated heterocycles. The SMILES string of the molecule is COC(=O)[C@H](C)C[C@@H](NC(=O)c1cccc2cccnc12)C(=O)OC. The van der Waals surface area contributed by atoms with Gasteiger partial charge in [0.1, 0.15) is 6.04 Å². The third-order valence-corrected chi connectivity index (χ3v) is 3.86. The van der Waals surface area contributed by atoms with Crippen LogP contribution in [0.15, 0.2) is 36.5 Å². The van der Waals surface area contributed by atoms with Crippen molar-refractivity contribution in [3.63, 3.8) is 0 Å². The van der Waals surface area contributed by atoms with Crippen molar-refractivity contribution in [2.45, 2.75) is 19.4 Å². The van der Waals surface area contributed by atoms with E-state index >= 15 is 0 Å². The highest BCUT2D eigenvalue weighted by Gasteiger charge is 2.28. The van der Waals surface area contributed by atoms with Crippen LogP contribution < -0.4 is 5.32 Å². The highest BCUT2D eigenvalue weighted by molar-refractivity contribution is 6.06. The smallest absolute Gasteiger partial charge is 0.328 e. The minimum atomic E-state index is -0.967. The van der Waals surface area contributed by atoms with Gasteiger partial charge in [0, 0.05) is 11.6 Å². The van der Waals surface area contributed by atoms with E-state index in [1.54, 1.807) is 31.3 Å². The average molecular weight is 344 g/mol. The van der Waals surface area contributed by atoms with E-state index in [-0.39, 0.29) is 6.42 Å². The van der Waals surface area contributed by atoms with Crippen molar-refractivity contribution in [2.75, 3.05) is 14.2 Å². The Morgan fingerprint density at radius 3 is 2.44 bits per heavy atom. The molecular weight excluding hydrogens is 324 g/mol. The Hall–Kier alpha value is -2.96. The summed E-state index contributed by atoms with van der Waals surface area (Å²) < 4.78 is 9.39. The molecule has 1 aromatic carbocycles. The molecule has 0 unspecified atom stereocenters. The van der Waals surface area contributed by atoms with Gasteiger partial charge in [0.15, 0.2) is 0 Å². The predicted molar refractivity (Wildman–Crippen MR) is 90.8 cm³/mol. The molecule has 2 aromatic rings. The molecule has 2 atom stereocenters. The second-order valence-electron chi connectivity index (χ2n) is 5.59. The maximum atomic E-state index is 12.6. The highest BCUT2D eigenvalue weighted by atomic mass is 16.5. The topological polar surface area (TPSA) is 94.6 Å². The molecular formula is C18H20N2O5. The number of carbonyl (C=O) groups is 3. The van der Waals surface area contributed by atoms with Crippen LogP contribution in [-0.2, 0) is 19.1 Å². The normalized spacial score (nSPS) is 12.9. The minimum absolute atomic E-state index is 0.0727. The molecule has 0 fully saturated rings. The number of carbonyl (C=O) groups excluding carboxylic acids is 3. The maximum absolute atomic E-state index is 12.6. The number of esters is 2. The first-order chi connectivity index (χ1) is 12.0. The summed E-state index contributed by atoms with van der Waals surface area (Å²) in [5, 5.41) is 3.44. The number of para-hydroxylation sites is 1. The molecule has 1 amide bonds. The fraction of sp³-hybridized carbons (Fsp3) is 0.333. The molecule has 1 heterocycles. The van der Waals surface area contributed by atoms with Gasteiger partial charge in [-0.15, -0.1) is 0 Å². The van der Waals surface area contributed by atoms with Gasteiger partial charge in [0.2, 0.25) is 0 Å². The summed E-state index contributed by atoms with van der Waals surface area (Å²) in [6, 6.07) is 7.86. The molecule has 1 aromatic heterocycles. The molecule has 0 spiro atoms. The van der Waals surface area contributed by atoms with Crippen molar-refractivity contribution in [1.82, 2.24) is 10.3 Å². The standard InChI is InChI=1S/C18H20N2O5/c1-11(17(22)24-2)10-14(18(23)25-3)20-16(21)13-8-4-6-12-7-5-9-19-15(12)13/h4-9,11,14H,10H2,1-3H3,(H,20,21)/t11-,14-/m1/s1. The lowest BCUT2D eigenvalue weighted by molar-refractivity contribution is -0.147. The molecule has 0 saturated carbocycles. The zero-order chi connectivity index (χ0) is 18.4. The first-order valence-electron chi connectivity index (χ1n) is 7.78.